The lowest BCUT2D eigenvalue weighted by molar-refractivity contribution is -0.0522. The normalized spacial score (nSPS) is 18.5. The van der Waals surface area contributed by atoms with Gasteiger partial charge in [-0.25, -0.2) is 33.4 Å². The molecule has 7 rings (SSSR count). The van der Waals surface area contributed by atoms with E-state index in [0.717, 1.165) is 22.2 Å². The third-order valence-corrected chi connectivity index (χ3v) is 17.6. The van der Waals surface area contributed by atoms with E-state index in [0.29, 0.717) is 52.2 Å². The number of phosphoric ester groups is 1. The number of imidazole rings is 1. The molecule has 1 aliphatic carbocycles. The van der Waals surface area contributed by atoms with E-state index < -0.39 is 65.1 Å². The molecule has 3 aliphatic rings. The highest BCUT2D eigenvalue weighted by Crippen LogP contribution is 2.66. The number of aromatic nitrogens is 4. The number of carbonyl (C=O) groups excluding carboxylic acids is 1. The number of amides is 1. The number of aryl methyl sites for hydroxylation is 2. The molecule has 1 fully saturated rings. The fourth-order valence-corrected chi connectivity index (χ4v) is 13.0. The van der Waals surface area contributed by atoms with Crippen molar-refractivity contribution in [3.63, 3.8) is 0 Å². The van der Waals surface area contributed by atoms with Crippen LogP contribution in [0.3, 0.4) is 0 Å². The number of nitrogens with one attached hydrogen (secondary N) is 2. The van der Waals surface area contributed by atoms with Gasteiger partial charge in [-0.3, -0.25) is 18.9 Å². The van der Waals surface area contributed by atoms with E-state index in [1.54, 1.807) is 12.1 Å². The molecule has 0 radical (unpaired) electrons. The summed E-state index contributed by atoms with van der Waals surface area (Å²) in [6.07, 6.45) is -0.151. The van der Waals surface area contributed by atoms with Gasteiger partial charge >= 0.3 is 29.4 Å². The number of carbonyl (C=O) groups is 2. The van der Waals surface area contributed by atoms with Gasteiger partial charge in [-0.15, -0.1) is 0 Å². The van der Waals surface area contributed by atoms with Crippen LogP contribution < -0.4 is 21.7 Å². The lowest BCUT2D eigenvalue weighted by Gasteiger charge is -2.25. The SMILES string of the molecule is CCN=c1cc2oc3cc(NCC)c(C)cc3c(-c3ccc(C(=O)NCC(C)(C)SSCOC4C[C@H](n5cnc6c(N)ncnc65)O[C@@H]4COP(=O)(O)OP(=O)(O)OP(=O)(O)O)cc3C(=O)O)c-2cc1C. The number of hydrogen-bond donors (Lipinski definition) is 8. The van der Waals surface area contributed by atoms with E-state index in [4.69, 9.17) is 33.9 Å². The molecule has 4 aromatic rings. The first kappa shape index (κ1) is 54.0. The molecule has 29 heteroatoms. The standard InChI is InChI=1S/C42H51N8O16P3S2/c1-7-44-29-14-31-27(11-22(29)3)36(28-12-23(4)30(45-8-2)15-32(28)63-31)25-10-9-24(13-26(25)41(52)53)40(51)46-18-42(5,6)71-70-21-61-33-16-35(50-20-49-37-38(43)47-19-48-39(37)50)64-34(33)17-62-68(57,58)66-69(59,60)65-67(54,55)56/h9-15,19-20,33-35,44H,7-8,16-18,21H2,1-6H3,(H,46,51)(H,52,53)(H,57,58)(H,59,60)(H2,43,47,48)(H2,54,55,56)/t33?,34-,35-/m1/s1. The summed E-state index contributed by atoms with van der Waals surface area (Å²) < 4.78 is 67.7. The van der Waals surface area contributed by atoms with E-state index in [2.05, 4.69) is 39.2 Å². The van der Waals surface area contributed by atoms with Crippen molar-refractivity contribution in [1.82, 2.24) is 24.8 Å². The predicted molar refractivity (Wildman–Crippen MR) is 264 cm³/mol. The Morgan fingerprint density at radius 1 is 0.986 bits per heavy atom. The van der Waals surface area contributed by atoms with Crippen LogP contribution in [-0.4, -0.2) is 105 Å². The number of rotatable bonds is 21. The molecule has 5 atom stereocenters. The van der Waals surface area contributed by atoms with Gasteiger partial charge in [-0.1, -0.05) is 27.7 Å². The van der Waals surface area contributed by atoms with E-state index in [9.17, 15) is 38.2 Å². The minimum atomic E-state index is -5.78. The number of carboxylic acids is 1. The smallest absolute Gasteiger partial charge is 0.478 e. The molecule has 0 saturated carbocycles. The van der Waals surface area contributed by atoms with E-state index >= 15 is 0 Å². The summed E-state index contributed by atoms with van der Waals surface area (Å²) in [4.78, 5) is 81.2. The summed E-state index contributed by atoms with van der Waals surface area (Å²) in [6, 6.07) is 12.2. The van der Waals surface area contributed by atoms with Gasteiger partial charge in [0.2, 0.25) is 0 Å². The van der Waals surface area contributed by atoms with Crippen LogP contribution >= 0.6 is 45.1 Å². The van der Waals surface area contributed by atoms with Crippen molar-refractivity contribution in [1.29, 1.82) is 0 Å². The van der Waals surface area contributed by atoms with E-state index in [-0.39, 0.29) is 41.4 Å². The number of nitrogens with zero attached hydrogens (tertiary/aromatic N) is 5. The van der Waals surface area contributed by atoms with Crippen LogP contribution in [0.1, 0.15) is 72.2 Å². The Balaban J connectivity index is 1.04. The van der Waals surface area contributed by atoms with Crippen molar-refractivity contribution in [2.75, 3.05) is 43.2 Å². The minimum Gasteiger partial charge on any atom is -0.478 e. The first-order valence-corrected chi connectivity index (χ1v) is 28.4. The first-order chi connectivity index (χ1) is 33.4. The maximum atomic E-state index is 13.7. The maximum absolute atomic E-state index is 13.7. The second kappa shape index (κ2) is 21.8. The van der Waals surface area contributed by atoms with Gasteiger partial charge in [0.05, 0.1) is 30.0 Å². The van der Waals surface area contributed by atoms with Crippen LogP contribution in [0.2, 0.25) is 0 Å². The van der Waals surface area contributed by atoms with Crippen molar-refractivity contribution in [2.45, 2.75) is 71.1 Å². The number of phosphoric acid groups is 3. The molecule has 4 heterocycles. The Bertz CT molecular complexity index is 3190. The van der Waals surface area contributed by atoms with Crippen LogP contribution in [0, 0.1) is 13.8 Å². The minimum absolute atomic E-state index is 0.00192. The van der Waals surface area contributed by atoms with E-state index in [1.165, 1.54) is 44.9 Å². The number of benzene rings is 3. The van der Waals surface area contributed by atoms with Gasteiger partial charge in [0.1, 0.15) is 41.5 Å². The predicted octanol–water partition coefficient (Wildman–Crippen LogP) is 7.16. The number of nitrogen functional groups attached to an aromatic ring is 1. The van der Waals surface area contributed by atoms with Gasteiger partial charge in [-0.2, -0.15) is 8.62 Å². The zero-order valence-corrected chi connectivity index (χ0v) is 43.2. The van der Waals surface area contributed by atoms with Gasteiger partial charge in [0.15, 0.2) is 11.5 Å². The van der Waals surface area contributed by atoms with Crippen molar-refractivity contribution in [3.8, 4) is 22.5 Å². The average Bonchev–Trinajstić information content (AvgIpc) is 3.90. The fourth-order valence-electron chi connectivity index (χ4n) is 7.75. The average molecular weight is 1080 g/mol. The van der Waals surface area contributed by atoms with Crippen LogP contribution in [0.5, 0.6) is 0 Å². The topological polar surface area (TPSA) is 352 Å². The Morgan fingerprint density at radius 3 is 2.45 bits per heavy atom. The summed E-state index contributed by atoms with van der Waals surface area (Å²) >= 11 is 0. The van der Waals surface area contributed by atoms with Crippen molar-refractivity contribution >= 4 is 90.6 Å². The highest BCUT2D eigenvalue weighted by atomic mass is 33.1. The Labute approximate surface area is 413 Å². The number of anilines is 2. The third-order valence-electron chi connectivity index (χ3n) is 10.8. The quantitative estimate of drug-likeness (QED) is 0.0116. The van der Waals surface area contributed by atoms with Gasteiger partial charge in [0.25, 0.3) is 5.91 Å². The van der Waals surface area contributed by atoms with Crippen LogP contribution in [0.15, 0.2) is 64.5 Å². The number of carboxylic acid groups (broad SMARTS) is 1. The maximum Gasteiger partial charge on any atom is 0.490 e. The zero-order valence-electron chi connectivity index (χ0n) is 38.9. The molecule has 0 spiro atoms. The highest BCUT2D eigenvalue weighted by molar-refractivity contribution is 8.77. The summed E-state index contributed by atoms with van der Waals surface area (Å²) in [5.41, 5.74) is 11.5. The molecule has 2 aromatic heterocycles. The molecule has 24 nitrogen and oxygen atoms in total. The van der Waals surface area contributed by atoms with Gasteiger partial charge in [-0.05, 0) is 82.5 Å². The van der Waals surface area contributed by atoms with Crippen molar-refractivity contribution in [2.24, 2.45) is 4.99 Å². The summed E-state index contributed by atoms with van der Waals surface area (Å²) in [5, 5.41) is 18.4. The third kappa shape index (κ3) is 13.1. The molecule has 2 aromatic carbocycles. The van der Waals surface area contributed by atoms with Crippen molar-refractivity contribution < 1.29 is 75.0 Å². The van der Waals surface area contributed by atoms with Gasteiger partial charge in [0, 0.05) is 70.7 Å². The highest BCUT2D eigenvalue weighted by Gasteiger charge is 2.44. The first-order valence-electron chi connectivity index (χ1n) is 21.6. The lowest BCUT2D eigenvalue weighted by atomic mass is 9.88. The molecular weight excluding hydrogens is 1030 g/mol. The molecule has 382 valence electrons. The molecule has 9 N–H and O–H groups in total. The van der Waals surface area contributed by atoms with Crippen LogP contribution in [0.4, 0.5) is 11.5 Å². The number of fused-ring (bicyclic) bond motifs is 3. The zero-order chi connectivity index (χ0) is 51.6. The molecule has 71 heavy (non-hydrogen) atoms. The fraction of sp³-hybridized carbons (Fsp3) is 0.381. The Hall–Kier alpha value is -4.75. The number of aromatic carboxylic acids is 1. The molecule has 1 amide bonds. The monoisotopic (exact) mass is 1080 g/mol. The lowest BCUT2D eigenvalue weighted by Crippen LogP contribution is -2.36. The number of ether oxygens (including phenoxy) is 2. The molecule has 3 unspecified atom stereocenters. The number of hydrogen-bond acceptors (Lipinski definition) is 19. The second-order valence-electron chi connectivity index (χ2n) is 16.6. The van der Waals surface area contributed by atoms with Gasteiger partial charge < -0.3 is 54.9 Å². The van der Waals surface area contributed by atoms with Crippen LogP contribution in [0.25, 0.3) is 44.6 Å². The Kier molecular flexibility index (Phi) is 16.6. The summed E-state index contributed by atoms with van der Waals surface area (Å²) in [7, 11) is -14.3. The molecular formula is C42H51N8O16P3S2. The second-order valence-corrected chi connectivity index (χ2v) is 24.0. The Morgan fingerprint density at radius 2 is 1.75 bits per heavy atom. The largest absolute Gasteiger partial charge is 0.490 e. The summed E-state index contributed by atoms with van der Waals surface area (Å²) in [6.45, 7) is 12.2. The molecule has 1 saturated heterocycles. The molecule has 2 aliphatic heterocycles. The van der Waals surface area contributed by atoms with Crippen molar-refractivity contribution in [3.05, 3.63) is 82.7 Å². The van der Waals surface area contributed by atoms with Crippen LogP contribution in [-0.2, 0) is 36.3 Å². The number of nitrogens with two attached hydrogens (primary N) is 1. The molecule has 0 bridgehead atoms. The summed E-state index contributed by atoms with van der Waals surface area (Å²) in [5.74, 6) is -1.12. The van der Waals surface area contributed by atoms with E-state index in [1.807, 2.05) is 65.8 Å².